The van der Waals surface area contributed by atoms with Gasteiger partial charge in [-0.25, -0.2) is 4.79 Å². The minimum atomic E-state index is -1.08. The Kier molecular flexibility index (Phi) is 5.52. The van der Waals surface area contributed by atoms with Crippen LogP contribution in [0.4, 0.5) is 0 Å². The molecule has 1 aliphatic heterocycles. The number of hydrogen-bond donors (Lipinski definition) is 2. The van der Waals surface area contributed by atoms with Gasteiger partial charge in [-0.05, 0) is 6.92 Å². The van der Waals surface area contributed by atoms with Gasteiger partial charge in [0.05, 0.1) is 18.1 Å². The van der Waals surface area contributed by atoms with E-state index in [0.29, 0.717) is 0 Å². The summed E-state index contributed by atoms with van der Waals surface area (Å²) in [5.41, 5.74) is 8.06. The van der Waals surface area contributed by atoms with E-state index < -0.39 is 41.4 Å². The van der Waals surface area contributed by atoms with Crippen molar-refractivity contribution in [3.05, 3.63) is 18.2 Å². The molecule has 0 saturated carbocycles. The van der Waals surface area contributed by atoms with Crippen LogP contribution >= 0.6 is 0 Å². The quantitative estimate of drug-likeness (QED) is 0.119. The van der Waals surface area contributed by atoms with Crippen LogP contribution in [0.15, 0.2) is 12.7 Å². The van der Waals surface area contributed by atoms with Crippen LogP contribution in [0.3, 0.4) is 0 Å². The average molecular weight is 295 g/mol. The zero-order valence-electron chi connectivity index (χ0n) is 11.8. The number of aliphatic hydroxyl groups excluding tert-OH is 1. The molecule has 1 rings (SSSR count). The van der Waals surface area contributed by atoms with Crippen LogP contribution in [0, 0.1) is 11.8 Å². The topological polar surface area (TPSA) is 129 Å². The summed E-state index contributed by atoms with van der Waals surface area (Å²) in [6.07, 6.45) is 0.373. The van der Waals surface area contributed by atoms with Gasteiger partial charge in [-0.3, -0.25) is 9.59 Å². The van der Waals surface area contributed by atoms with Crippen molar-refractivity contribution in [2.24, 2.45) is 11.8 Å². The SMILES string of the molecule is C=CCOC(=O)C(=[N+]=[N-])C(=O)C(C)[C@H]1NC(=O)[C@@H]1C(C)O. The first kappa shape index (κ1) is 16.7. The van der Waals surface area contributed by atoms with Gasteiger partial charge in [0.1, 0.15) is 6.61 Å². The third-order valence-electron chi connectivity index (χ3n) is 3.33. The summed E-state index contributed by atoms with van der Waals surface area (Å²) >= 11 is 0. The van der Waals surface area contributed by atoms with Crippen molar-refractivity contribution in [2.75, 3.05) is 6.61 Å². The van der Waals surface area contributed by atoms with Crippen molar-refractivity contribution < 1.29 is 29.0 Å². The molecule has 0 radical (unpaired) electrons. The van der Waals surface area contributed by atoms with Crippen molar-refractivity contribution >= 4 is 23.4 Å². The van der Waals surface area contributed by atoms with Gasteiger partial charge in [-0.2, -0.15) is 4.79 Å². The summed E-state index contributed by atoms with van der Waals surface area (Å²) in [5.74, 6) is -3.81. The molecular formula is C13H17N3O5. The Morgan fingerprint density at radius 2 is 2.19 bits per heavy atom. The number of Topliss-reactive ketones (excluding diaryl/α,β-unsaturated/α-hetero) is 1. The van der Waals surface area contributed by atoms with Crippen LogP contribution in [0.1, 0.15) is 13.8 Å². The number of hydrogen-bond acceptors (Lipinski definition) is 5. The molecule has 0 aromatic rings. The number of rotatable bonds is 7. The van der Waals surface area contributed by atoms with Gasteiger partial charge in [0.15, 0.2) is 0 Å². The predicted octanol–water partition coefficient (Wildman–Crippen LogP) is -0.913. The molecule has 1 fully saturated rings. The van der Waals surface area contributed by atoms with E-state index >= 15 is 0 Å². The lowest BCUT2D eigenvalue weighted by molar-refractivity contribution is -0.145. The standard InChI is InChI=1S/C13H17N3O5/c1-4-5-21-13(20)10(16-14)11(18)6(2)9-8(7(3)17)12(19)15-9/h4,6-9,17H,1,5H2,2-3H3,(H,15,19)/t6?,7?,8-,9-/m1/s1. The molecule has 1 aliphatic rings. The molecule has 2 N–H and O–H groups in total. The lowest BCUT2D eigenvalue weighted by Crippen LogP contribution is -2.66. The Bertz CT molecular complexity index is 522. The summed E-state index contributed by atoms with van der Waals surface area (Å²) in [7, 11) is 0. The molecule has 0 aromatic heterocycles. The highest BCUT2D eigenvalue weighted by molar-refractivity contribution is 6.62. The molecule has 0 aliphatic carbocycles. The Hall–Kier alpha value is -2.31. The fraction of sp³-hybridized carbons (Fsp3) is 0.538. The molecule has 0 spiro atoms. The number of nitrogens with zero attached hydrogens (tertiary/aromatic N) is 2. The van der Waals surface area contributed by atoms with Crippen molar-refractivity contribution in [1.29, 1.82) is 0 Å². The molecule has 0 aromatic carbocycles. The number of carbonyl (C=O) groups excluding carboxylic acids is 3. The molecule has 4 atom stereocenters. The van der Waals surface area contributed by atoms with Gasteiger partial charge in [0, 0.05) is 5.92 Å². The van der Waals surface area contributed by atoms with E-state index in [2.05, 4.69) is 21.4 Å². The van der Waals surface area contributed by atoms with Crippen LogP contribution in [-0.4, -0.2) is 52.0 Å². The molecule has 1 amide bonds. The molecule has 21 heavy (non-hydrogen) atoms. The van der Waals surface area contributed by atoms with Crippen molar-refractivity contribution in [2.45, 2.75) is 26.0 Å². The second kappa shape index (κ2) is 6.92. The first-order valence-corrected chi connectivity index (χ1v) is 6.37. The maximum atomic E-state index is 12.1. The van der Waals surface area contributed by atoms with Crippen LogP contribution in [0.2, 0.25) is 0 Å². The lowest BCUT2D eigenvalue weighted by Gasteiger charge is -2.40. The molecule has 1 heterocycles. The summed E-state index contributed by atoms with van der Waals surface area (Å²) in [5, 5.41) is 12.0. The number of esters is 1. The van der Waals surface area contributed by atoms with Gasteiger partial charge in [-0.1, -0.05) is 19.6 Å². The third-order valence-corrected chi connectivity index (χ3v) is 3.33. The second-order valence-corrected chi connectivity index (χ2v) is 4.79. The largest absolute Gasteiger partial charge is 0.453 e. The third kappa shape index (κ3) is 3.42. The number of ketones is 1. The number of ether oxygens (including phenoxy) is 1. The highest BCUT2D eigenvalue weighted by Crippen LogP contribution is 2.26. The van der Waals surface area contributed by atoms with Gasteiger partial charge >= 0.3 is 11.7 Å². The molecular weight excluding hydrogens is 278 g/mol. The van der Waals surface area contributed by atoms with Gasteiger partial charge in [0.25, 0.3) is 5.78 Å². The fourth-order valence-corrected chi connectivity index (χ4v) is 2.14. The molecule has 1 saturated heterocycles. The van der Waals surface area contributed by atoms with E-state index in [1.54, 1.807) is 0 Å². The second-order valence-electron chi connectivity index (χ2n) is 4.79. The smallest absolute Gasteiger partial charge is 0.441 e. The summed E-state index contributed by atoms with van der Waals surface area (Å²) in [6.45, 7) is 6.12. The van der Waals surface area contributed by atoms with Crippen molar-refractivity contribution in [3.63, 3.8) is 0 Å². The summed E-state index contributed by atoms with van der Waals surface area (Å²) in [4.78, 5) is 37.7. The van der Waals surface area contributed by atoms with E-state index in [1.807, 2.05) is 0 Å². The van der Waals surface area contributed by atoms with E-state index in [9.17, 15) is 19.5 Å². The van der Waals surface area contributed by atoms with E-state index in [4.69, 9.17) is 5.53 Å². The molecule has 2 unspecified atom stereocenters. The number of amides is 1. The normalized spacial score (nSPS) is 22.9. The highest BCUT2D eigenvalue weighted by atomic mass is 16.5. The number of β-lactam (4-membered cyclic amide) rings is 1. The van der Waals surface area contributed by atoms with Crippen LogP contribution < -0.4 is 5.32 Å². The van der Waals surface area contributed by atoms with Crippen LogP contribution in [0.25, 0.3) is 5.53 Å². The van der Waals surface area contributed by atoms with Gasteiger partial charge in [0.2, 0.25) is 5.91 Å². The maximum Gasteiger partial charge on any atom is 0.441 e. The van der Waals surface area contributed by atoms with Crippen LogP contribution in [0.5, 0.6) is 0 Å². The summed E-state index contributed by atoms with van der Waals surface area (Å²) < 4.78 is 4.64. The molecule has 8 heteroatoms. The van der Waals surface area contributed by atoms with Gasteiger partial charge in [-0.15, -0.1) is 0 Å². The fourth-order valence-electron chi connectivity index (χ4n) is 2.14. The Labute approximate surface area is 121 Å². The lowest BCUT2D eigenvalue weighted by atomic mass is 9.76. The Balaban J connectivity index is 2.82. The van der Waals surface area contributed by atoms with E-state index in [1.165, 1.54) is 19.9 Å². The van der Waals surface area contributed by atoms with E-state index in [0.717, 1.165) is 0 Å². The molecule has 114 valence electrons. The first-order valence-electron chi connectivity index (χ1n) is 6.37. The van der Waals surface area contributed by atoms with E-state index in [-0.39, 0.29) is 12.5 Å². The minimum absolute atomic E-state index is 0.129. The minimum Gasteiger partial charge on any atom is -0.453 e. The predicted molar refractivity (Wildman–Crippen MR) is 71.1 cm³/mol. The van der Waals surface area contributed by atoms with Crippen LogP contribution in [-0.2, 0) is 19.1 Å². The first-order chi connectivity index (χ1) is 9.84. The van der Waals surface area contributed by atoms with Crippen molar-refractivity contribution in [3.8, 4) is 0 Å². The zero-order chi connectivity index (χ0) is 16.2. The van der Waals surface area contributed by atoms with Crippen molar-refractivity contribution in [1.82, 2.24) is 5.32 Å². The number of nitrogens with one attached hydrogen (secondary N) is 1. The number of aliphatic hydroxyl groups is 1. The monoisotopic (exact) mass is 295 g/mol. The zero-order valence-corrected chi connectivity index (χ0v) is 11.8. The maximum absolute atomic E-state index is 12.1. The Morgan fingerprint density at radius 1 is 1.57 bits per heavy atom. The molecule has 0 bridgehead atoms. The molecule has 8 nitrogen and oxygen atoms in total. The summed E-state index contributed by atoms with van der Waals surface area (Å²) in [6, 6.07) is -0.631. The Morgan fingerprint density at radius 3 is 2.62 bits per heavy atom. The highest BCUT2D eigenvalue weighted by Gasteiger charge is 2.50. The average Bonchev–Trinajstić information content (AvgIpc) is 2.41. The number of carbonyl (C=O) groups is 3. The van der Waals surface area contributed by atoms with Gasteiger partial charge < -0.3 is 20.7 Å².